The fourth-order valence-electron chi connectivity index (χ4n) is 2.17. The lowest BCUT2D eigenvalue weighted by molar-refractivity contribution is 0.0697. The minimum atomic E-state index is -1.02. The van der Waals surface area contributed by atoms with Crippen LogP contribution in [-0.2, 0) is 7.05 Å². The second kappa shape index (κ2) is 5.14. The second-order valence-electron chi connectivity index (χ2n) is 4.70. The quantitative estimate of drug-likeness (QED) is 0.783. The van der Waals surface area contributed by atoms with E-state index >= 15 is 0 Å². The monoisotopic (exact) mass is 301 g/mol. The molecule has 4 nitrogen and oxygen atoms in total. The molecule has 3 aromatic rings. The van der Waals surface area contributed by atoms with Crippen LogP contribution in [0.3, 0.4) is 0 Å². The zero-order valence-electron chi connectivity index (χ0n) is 11.2. The van der Waals surface area contributed by atoms with E-state index in [4.69, 9.17) is 21.4 Å². The Hall–Kier alpha value is -2.46. The van der Waals surface area contributed by atoms with Crippen LogP contribution >= 0.6 is 11.6 Å². The third-order valence-corrected chi connectivity index (χ3v) is 3.56. The minimum absolute atomic E-state index is 0.130. The SMILES string of the molecule is Cn1ccc2cc(Oc3ccc(C(=O)O)cc3Cl)ccc21. The largest absolute Gasteiger partial charge is 0.478 e. The van der Waals surface area contributed by atoms with E-state index in [9.17, 15) is 4.79 Å². The first-order chi connectivity index (χ1) is 10.0. The third-order valence-electron chi connectivity index (χ3n) is 3.26. The van der Waals surface area contributed by atoms with Crippen LogP contribution < -0.4 is 4.74 Å². The number of nitrogens with zero attached hydrogens (tertiary/aromatic N) is 1. The van der Waals surface area contributed by atoms with Gasteiger partial charge in [-0.15, -0.1) is 0 Å². The lowest BCUT2D eigenvalue weighted by atomic mass is 10.2. The highest BCUT2D eigenvalue weighted by Gasteiger charge is 2.09. The van der Waals surface area contributed by atoms with Crippen molar-refractivity contribution in [2.75, 3.05) is 0 Å². The summed E-state index contributed by atoms with van der Waals surface area (Å²) in [4.78, 5) is 10.9. The molecule has 0 aliphatic rings. The smallest absolute Gasteiger partial charge is 0.335 e. The van der Waals surface area contributed by atoms with Crippen molar-refractivity contribution in [3.05, 3.63) is 59.2 Å². The molecule has 0 aliphatic carbocycles. The number of ether oxygens (including phenoxy) is 1. The summed E-state index contributed by atoms with van der Waals surface area (Å²) in [5, 5.41) is 10.2. The first-order valence-electron chi connectivity index (χ1n) is 6.30. The van der Waals surface area contributed by atoms with Crippen molar-refractivity contribution < 1.29 is 14.6 Å². The average Bonchev–Trinajstić information content (AvgIpc) is 2.82. The average molecular weight is 302 g/mol. The van der Waals surface area contributed by atoms with Crippen LogP contribution in [0.1, 0.15) is 10.4 Å². The van der Waals surface area contributed by atoms with Gasteiger partial charge in [0, 0.05) is 24.1 Å². The number of halogens is 1. The van der Waals surface area contributed by atoms with E-state index in [-0.39, 0.29) is 10.6 Å². The van der Waals surface area contributed by atoms with Crippen LogP contribution in [-0.4, -0.2) is 15.6 Å². The molecule has 1 heterocycles. The number of aryl methyl sites for hydroxylation is 1. The molecule has 0 radical (unpaired) electrons. The van der Waals surface area contributed by atoms with Gasteiger partial charge in [-0.3, -0.25) is 0 Å². The van der Waals surface area contributed by atoms with Gasteiger partial charge in [-0.05, 0) is 42.5 Å². The molecule has 21 heavy (non-hydrogen) atoms. The molecule has 0 fully saturated rings. The molecule has 1 N–H and O–H groups in total. The van der Waals surface area contributed by atoms with Gasteiger partial charge in [-0.25, -0.2) is 4.79 Å². The van der Waals surface area contributed by atoms with Gasteiger partial charge in [-0.2, -0.15) is 0 Å². The van der Waals surface area contributed by atoms with Crippen molar-refractivity contribution in [3.63, 3.8) is 0 Å². The molecule has 0 saturated heterocycles. The lowest BCUT2D eigenvalue weighted by Gasteiger charge is -2.08. The molecule has 0 atom stereocenters. The van der Waals surface area contributed by atoms with Crippen LogP contribution in [0.2, 0.25) is 5.02 Å². The topological polar surface area (TPSA) is 51.5 Å². The predicted molar refractivity (Wildman–Crippen MR) is 81.4 cm³/mol. The molecule has 0 aliphatic heterocycles. The van der Waals surface area contributed by atoms with Gasteiger partial charge < -0.3 is 14.4 Å². The predicted octanol–water partition coefficient (Wildman–Crippen LogP) is 4.32. The number of carbonyl (C=O) groups is 1. The van der Waals surface area contributed by atoms with Crippen molar-refractivity contribution >= 4 is 28.5 Å². The molecule has 1 aromatic heterocycles. The Labute approximate surface area is 126 Å². The number of fused-ring (bicyclic) bond motifs is 1. The highest BCUT2D eigenvalue weighted by atomic mass is 35.5. The van der Waals surface area contributed by atoms with Gasteiger partial charge in [0.1, 0.15) is 11.5 Å². The number of rotatable bonds is 3. The van der Waals surface area contributed by atoms with Gasteiger partial charge in [0.25, 0.3) is 0 Å². The number of hydrogen-bond donors (Lipinski definition) is 1. The normalized spacial score (nSPS) is 10.8. The van der Waals surface area contributed by atoms with Crippen molar-refractivity contribution in [1.82, 2.24) is 4.57 Å². The molecule has 3 rings (SSSR count). The lowest BCUT2D eigenvalue weighted by Crippen LogP contribution is -1.96. The molecule has 0 amide bonds. The summed E-state index contributed by atoms with van der Waals surface area (Å²) in [6, 6.07) is 12.1. The van der Waals surface area contributed by atoms with Crippen LogP contribution in [0.25, 0.3) is 10.9 Å². The Morgan fingerprint density at radius 3 is 2.71 bits per heavy atom. The summed E-state index contributed by atoms with van der Waals surface area (Å²) in [5.74, 6) is 0.0600. The third kappa shape index (κ3) is 2.58. The highest BCUT2D eigenvalue weighted by molar-refractivity contribution is 6.32. The zero-order valence-corrected chi connectivity index (χ0v) is 12.0. The number of benzene rings is 2. The summed E-state index contributed by atoms with van der Waals surface area (Å²) in [5.41, 5.74) is 1.24. The Kier molecular flexibility index (Phi) is 3.31. The van der Waals surface area contributed by atoms with E-state index in [0.717, 1.165) is 10.9 Å². The maximum absolute atomic E-state index is 10.9. The summed E-state index contributed by atoms with van der Waals surface area (Å²) in [6.45, 7) is 0. The number of carboxylic acids is 1. The first kappa shape index (κ1) is 13.5. The van der Waals surface area contributed by atoms with Gasteiger partial charge in [-0.1, -0.05) is 11.6 Å². The second-order valence-corrected chi connectivity index (χ2v) is 5.11. The molecule has 0 saturated carbocycles. The number of aromatic nitrogens is 1. The molecule has 106 valence electrons. The van der Waals surface area contributed by atoms with Crippen molar-refractivity contribution in [3.8, 4) is 11.5 Å². The Balaban J connectivity index is 1.92. The van der Waals surface area contributed by atoms with Crippen LogP contribution in [0.5, 0.6) is 11.5 Å². The standard InChI is InChI=1S/C16H12ClNO3/c1-18-7-6-10-8-12(3-4-14(10)18)21-15-5-2-11(16(19)20)9-13(15)17/h2-9H,1H3,(H,19,20). The van der Waals surface area contributed by atoms with Crippen LogP contribution in [0.4, 0.5) is 0 Å². The number of hydrogen-bond acceptors (Lipinski definition) is 2. The zero-order chi connectivity index (χ0) is 15.0. The maximum atomic E-state index is 10.9. The summed E-state index contributed by atoms with van der Waals surface area (Å²) < 4.78 is 7.75. The molecule has 5 heteroatoms. The van der Waals surface area contributed by atoms with E-state index < -0.39 is 5.97 Å². The highest BCUT2D eigenvalue weighted by Crippen LogP contribution is 2.31. The Morgan fingerprint density at radius 2 is 2.00 bits per heavy atom. The minimum Gasteiger partial charge on any atom is -0.478 e. The molecular weight excluding hydrogens is 290 g/mol. The number of carboxylic acid groups (broad SMARTS) is 1. The van der Waals surface area contributed by atoms with E-state index in [2.05, 4.69) is 0 Å². The van der Waals surface area contributed by atoms with Gasteiger partial charge in [0.05, 0.1) is 10.6 Å². The molecule has 2 aromatic carbocycles. The number of aromatic carboxylic acids is 1. The van der Waals surface area contributed by atoms with E-state index in [1.165, 1.54) is 12.1 Å². The van der Waals surface area contributed by atoms with Gasteiger partial charge in [0.15, 0.2) is 0 Å². The molecule has 0 unspecified atom stereocenters. The summed E-state index contributed by atoms with van der Waals surface area (Å²) >= 11 is 6.05. The summed E-state index contributed by atoms with van der Waals surface area (Å²) in [6.07, 6.45) is 1.98. The fraction of sp³-hybridized carbons (Fsp3) is 0.0625. The van der Waals surface area contributed by atoms with Gasteiger partial charge >= 0.3 is 5.97 Å². The van der Waals surface area contributed by atoms with Gasteiger partial charge in [0.2, 0.25) is 0 Å². The van der Waals surface area contributed by atoms with Crippen molar-refractivity contribution in [2.24, 2.45) is 7.05 Å². The van der Waals surface area contributed by atoms with E-state index in [1.54, 1.807) is 6.07 Å². The summed E-state index contributed by atoms with van der Waals surface area (Å²) in [7, 11) is 1.98. The first-order valence-corrected chi connectivity index (χ1v) is 6.68. The van der Waals surface area contributed by atoms with Crippen LogP contribution in [0, 0.1) is 0 Å². The van der Waals surface area contributed by atoms with E-state index in [1.807, 2.05) is 42.1 Å². The van der Waals surface area contributed by atoms with Crippen molar-refractivity contribution in [2.45, 2.75) is 0 Å². The van der Waals surface area contributed by atoms with Crippen LogP contribution in [0.15, 0.2) is 48.7 Å². The van der Waals surface area contributed by atoms with Crippen molar-refractivity contribution in [1.29, 1.82) is 0 Å². The Bertz CT molecular complexity index is 839. The van der Waals surface area contributed by atoms with E-state index in [0.29, 0.717) is 11.5 Å². The molecule has 0 spiro atoms. The fourth-order valence-corrected chi connectivity index (χ4v) is 2.39. The molecular formula is C16H12ClNO3. The molecule has 0 bridgehead atoms. The maximum Gasteiger partial charge on any atom is 0.335 e. The Morgan fingerprint density at radius 1 is 1.19 bits per heavy atom.